The number of halogens is 1. The molecule has 0 radical (unpaired) electrons. The molecule has 0 fully saturated rings. The maximum atomic E-state index is 6.00. The Balaban J connectivity index is 2.65. The molecule has 1 rings (SSSR count). The molecule has 1 heterocycles. The Labute approximate surface area is 118 Å². The second kappa shape index (κ2) is 8.56. The van der Waals surface area contributed by atoms with E-state index in [1.165, 1.54) is 0 Å². The van der Waals surface area contributed by atoms with Gasteiger partial charge in [-0.2, -0.15) is 11.8 Å². The van der Waals surface area contributed by atoms with E-state index in [0.717, 1.165) is 24.5 Å². The largest absolute Gasteiger partial charge is 0.374 e. The maximum Gasteiger partial charge on any atom is 0.158 e. The molecule has 102 valence electrons. The van der Waals surface area contributed by atoms with Gasteiger partial charge in [-0.1, -0.05) is 11.6 Å². The van der Waals surface area contributed by atoms with Crippen LogP contribution in [0.1, 0.15) is 19.2 Å². The van der Waals surface area contributed by atoms with E-state index < -0.39 is 0 Å². The molecule has 0 aliphatic rings. The van der Waals surface area contributed by atoms with E-state index in [1.54, 1.807) is 6.07 Å². The Bertz CT molecular complexity index is 365. The molecule has 0 saturated carbocycles. The number of hydrogen-bond donors (Lipinski definition) is 0. The summed E-state index contributed by atoms with van der Waals surface area (Å²) < 4.78 is 5.30. The zero-order valence-corrected chi connectivity index (χ0v) is 12.7. The lowest BCUT2D eigenvalue weighted by molar-refractivity contribution is 0.128. The van der Waals surface area contributed by atoms with Crippen molar-refractivity contribution in [3.8, 4) is 0 Å². The summed E-state index contributed by atoms with van der Waals surface area (Å²) in [5.41, 5.74) is 0. The van der Waals surface area contributed by atoms with Crippen LogP contribution in [0.3, 0.4) is 0 Å². The lowest BCUT2D eigenvalue weighted by Crippen LogP contribution is -2.21. The Hall–Kier alpha value is -0.520. The van der Waals surface area contributed by atoms with Gasteiger partial charge in [0.05, 0.1) is 0 Å². The summed E-state index contributed by atoms with van der Waals surface area (Å²) in [4.78, 5) is 10.7. The fourth-order valence-corrected chi connectivity index (χ4v) is 2.08. The minimum Gasteiger partial charge on any atom is -0.374 e. The normalized spacial score (nSPS) is 10.7. The second-order valence-corrected chi connectivity index (χ2v) is 5.24. The van der Waals surface area contributed by atoms with Crippen molar-refractivity contribution in [1.29, 1.82) is 0 Å². The average Bonchev–Trinajstić information content (AvgIpc) is 2.36. The molecule has 0 atom stereocenters. The number of aromatic nitrogens is 2. The van der Waals surface area contributed by atoms with Gasteiger partial charge in [-0.25, -0.2) is 9.97 Å². The molecule has 0 aliphatic carbocycles. The van der Waals surface area contributed by atoms with E-state index in [2.05, 4.69) is 21.1 Å². The molecular formula is C12H20ClN3OS. The number of thioether (sulfide) groups is 1. The molecule has 0 spiro atoms. The van der Waals surface area contributed by atoms with Gasteiger partial charge in [0, 0.05) is 26.3 Å². The van der Waals surface area contributed by atoms with Crippen molar-refractivity contribution in [2.45, 2.75) is 20.0 Å². The smallest absolute Gasteiger partial charge is 0.158 e. The molecule has 0 N–H and O–H groups in total. The summed E-state index contributed by atoms with van der Waals surface area (Å²) in [5.74, 6) is 2.64. The standard InChI is InChI=1S/C12H20ClN3OS/c1-4-17-9-11-14-10(13)8-12(15-11)16(2)6-5-7-18-3/h8H,4-7,9H2,1-3H3. The highest BCUT2D eigenvalue weighted by Crippen LogP contribution is 2.16. The molecule has 1 aromatic heterocycles. The predicted molar refractivity (Wildman–Crippen MR) is 78.6 cm³/mol. The third-order valence-corrected chi connectivity index (χ3v) is 3.29. The maximum absolute atomic E-state index is 6.00. The van der Waals surface area contributed by atoms with Crippen LogP contribution in [-0.2, 0) is 11.3 Å². The molecule has 18 heavy (non-hydrogen) atoms. The minimum atomic E-state index is 0.405. The molecule has 0 amide bonds. The van der Waals surface area contributed by atoms with Crippen LogP contribution >= 0.6 is 23.4 Å². The third kappa shape index (κ3) is 5.42. The molecule has 0 aromatic carbocycles. The van der Waals surface area contributed by atoms with Gasteiger partial charge in [0.2, 0.25) is 0 Å². The van der Waals surface area contributed by atoms with E-state index in [0.29, 0.717) is 24.2 Å². The van der Waals surface area contributed by atoms with E-state index in [-0.39, 0.29) is 0 Å². The molecule has 6 heteroatoms. The van der Waals surface area contributed by atoms with Gasteiger partial charge in [0.15, 0.2) is 5.82 Å². The Morgan fingerprint density at radius 3 is 2.89 bits per heavy atom. The molecule has 1 aromatic rings. The van der Waals surface area contributed by atoms with Crippen LogP contribution in [0.4, 0.5) is 5.82 Å². The molecule has 0 unspecified atom stereocenters. The summed E-state index contributed by atoms with van der Waals surface area (Å²) in [6.07, 6.45) is 3.24. The van der Waals surface area contributed by atoms with Crippen LogP contribution in [0.5, 0.6) is 0 Å². The van der Waals surface area contributed by atoms with Crippen LogP contribution in [0.2, 0.25) is 5.15 Å². The summed E-state index contributed by atoms with van der Waals surface area (Å²) in [7, 11) is 2.02. The van der Waals surface area contributed by atoms with Crippen molar-refractivity contribution in [3.05, 3.63) is 17.0 Å². The van der Waals surface area contributed by atoms with E-state index >= 15 is 0 Å². The molecule has 0 saturated heterocycles. The van der Waals surface area contributed by atoms with Gasteiger partial charge in [-0.3, -0.25) is 0 Å². The quantitative estimate of drug-likeness (QED) is 0.543. The first-order valence-corrected chi connectivity index (χ1v) is 7.75. The number of nitrogens with zero attached hydrogens (tertiary/aromatic N) is 3. The lowest BCUT2D eigenvalue weighted by atomic mass is 10.4. The first-order valence-electron chi connectivity index (χ1n) is 5.98. The Morgan fingerprint density at radius 1 is 1.44 bits per heavy atom. The van der Waals surface area contributed by atoms with Crippen molar-refractivity contribution in [2.75, 3.05) is 37.1 Å². The van der Waals surface area contributed by atoms with Crippen molar-refractivity contribution in [3.63, 3.8) is 0 Å². The van der Waals surface area contributed by atoms with Gasteiger partial charge in [-0.15, -0.1) is 0 Å². The van der Waals surface area contributed by atoms with Crippen LogP contribution in [0, 0.1) is 0 Å². The summed E-state index contributed by atoms with van der Waals surface area (Å²) in [6, 6.07) is 1.79. The van der Waals surface area contributed by atoms with Gasteiger partial charge in [0.25, 0.3) is 0 Å². The fraction of sp³-hybridized carbons (Fsp3) is 0.667. The molecular weight excluding hydrogens is 270 g/mol. The first kappa shape index (κ1) is 15.5. The average molecular weight is 290 g/mol. The third-order valence-electron chi connectivity index (χ3n) is 2.40. The highest BCUT2D eigenvalue weighted by molar-refractivity contribution is 7.98. The monoisotopic (exact) mass is 289 g/mol. The summed E-state index contributed by atoms with van der Waals surface area (Å²) in [6.45, 7) is 3.96. The van der Waals surface area contributed by atoms with Gasteiger partial charge in [0.1, 0.15) is 17.6 Å². The van der Waals surface area contributed by atoms with Crippen molar-refractivity contribution in [2.24, 2.45) is 0 Å². The number of hydrogen-bond acceptors (Lipinski definition) is 5. The van der Waals surface area contributed by atoms with E-state index in [1.807, 2.05) is 25.7 Å². The van der Waals surface area contributed by atoms with E-state index in [9.17, 15) is 0 Å². The minimum absolute atomic E-state index is 0.405. The molecule has 4 nitrogen and oxygen atoms in total. The molecule has 0 bridgehead atoms. The van der Waals surface area contributed by atoms with Gasteiger partial charge in [-0.05, 0) is 25.4 Å². The zero-order chi connectivity index (χ0) is 13.4. The lowest BCUT2D eigenvalue weighted by Gasteiger charge is -2.18. The Morgan fingerprint density at radius 2 is 2.22 bits per heavy atom. The van der Waals surface area contributed by atoms with Crippen LogP contribution in [-0.4, -0.2) is 42.2 Å². The summed E-state index contributed by atoms with van der Waals surface area (Å²) >= 11 is 7.85. The number of ether oxygens (including phenoxy) is 1. The van der Waals surface area contributed by atoms with Crippen LogP contribution in [0.15, 0.2) is 6.07 Å². The molecule has 0 aliphatic heterocycles. The number of rotatable bonds is 8. The first-order chi connectivity index (χ1) is 8.67. The summed E-state index contributed by atoms with van der Waals surface area (Å²) in [5, 5.41) is 0.464. The zero-order valence-electron chi connectivity index (χ0n) is 11.1. The van der Waals surface area contributed by atoms with E-state index in [4.69, 9.17) is 16.3 Å². The Kier molecular flexibility index (Phi) is 7.39. The van der Waals surface area contributed by atoms with Crippen molar-refractivity contribution in [1.82, 2.24) is 9.97 Å². The fourth-order valence-electron chi connectivity index (χ4n) is 1.47. The number of anilines is 1. The predicted octanol–water partition coefficient (Wildman–Crippen LogP) is 2.86. The van der Waals surface area contributed by atoms with Crippen LogP contribution < -0.4 is 4.90 Å². The highest BCUT2D eigenvalue weighted by atomic mass is 35.5. The topological polar surface area (TPSA) is 38.2 Å². The van der Waals surface area contributed by atoms with Gasteiger partial charge < -0.3 is 9.64 Å². The SMILES string of the molecule is CCOCc1nc(Cl)cc(N(C)CCCSC)n1. The van der Waals surface area contributed by atoms with Crippen molar-refractivity contribution >= 4 is 29.2 Å². The highest BCUT2D eigenvalue weighted by Gasteiger charge is 2.07. The van der Waals surface area contributed by atoms with Crippen molar-refractivity contribution < 1.29 is 4.74 Å². The second-order valence-electron chi connectivity index (χ2n) is 3.87. The van der Waals surface area contributed by atoms with Gasteiger partial charge >= 0.3 is 0 Å². The van der Waals surface area contributed by atoms with Crippen LogP contribution in [0.25, 0.3) is 0 Å².